The van der Waals surface area contributed by atoms with Crippen molar-refractivity contribution >= 4 is 0 Å². The highest BCUT2D eigenvalue weighted by molar-refractivity contribution is 5.57. The van der Waals surface area contributed by atoms with E-state index in [2.05, 4.69) is 38.6 Å². The predicted molar refractivity (Wildman–Crippen MR) is 111 cm³/mol. The lowest BCUT2D eigenvalue weighted by Crippen LogP contribution is -2.30. The van der Waals surface area contributed by atoms with E-state index >= 15 is 0 Å². The third-order valence-electron chi connectivity index (χ3n) is 4.24. The molecule has 4 rings (SSSR count). The first-order chi connectivity index (χ1) is 14.3. The second-order valence-corrected chi connectivity index (χ2v) is 6.31. The third kappa shape index (κ3) is 4.71. The molecule has 0 N–H and O–H groups in total. The first-order valence-electron chi connectivity index (χ1n) is 9.08. The Morgan fingerprint density at radius 1 is 0.621 bits per heavy atom. The van der Waals surface area contributed by atoms with Gasteiger partial charge in [0.05, 0.1) is 0 Å². The van der Waals surface area contributed by atoms with Crippen molar-refractivity contribution in [3.05, 3.63) is 108 Å². The Morgan fingerprint density at radius 3 is 1.76 bits per heavy atom. The quantitative estimate of drug-likeness (QED) is 0.380. The number of pyridine rings is 4. The van der Waals surface area contributed by atoms with Crippen molar-refractivity contribution < 1.29 is 4.57 Å². The first kappa shape index (κ1) is 18.1. The van der Waals surface area contributed by atoms with E-state index in [9.17, 15) is 0 Å². The summed E-state index contributed by atoms with van der Waals surface area (Å²) in [5, 5.41) is 0. The zero-order valence-corrected chi connectivity index (χ0v) is 15.9. The van der Waals surface area contributed by atoms with Crippen LogP contribution in [0.4, 0.5) is 0 Å². The van der Waals surface area contributed by atoms with Crippen LogP contribution in [-0.2, 0) is 7.05 Å². The summed E-state index contributed by atoms with van der Waals surface area (Å²) in [6.07, 6.45) is 10.7. The van der Waals surface area contributed by atoms with E-state index in [1.165, 1.54) is 0 Å². The zero-order chi connectivity index (χ0) is 19.9. The van der Waals surface area contributed by atoms with E-state index in [4.69, 9.17) is 0 Å². The second kappa shape index (κ2) is 8.61. The highest BCUT2D eigenvalue weighted by Gasteiger charge is 2.12. The monoisotopic (exact) mass is 373 g/mol. The molecule has 0 saturated carbocycles. The molecule has 0 atom stereocenters. The molecule has 0 aliphatic heterocycles. The maximum absolute atomic E-state index is 4.53. The van der Waals surface area contributed by atoms with Crippen molar-refractivity contribution in [2.75, 3.05) is 0 Å². The molecule has 136 valence electrons. The Labute approximate surface area is 170 Å². The van der Waals surface area contributed by atoms with E-state index in [1.54, 1.807) is 31.0 Å². The summed E-state index contributed by atoms with van der Waals surface area (Å²) >= 11 is 0. The van der Waals surface area contributed by atoms with Gasteiger partial charge in [-0.2, -0.15) is 4.57 Å². The molecule has 4 aromatic rings. The number of rotatable bonds is 1. The van der Waals surface area contributed by atoms with E-state index in [0.717, 1.165) is 33.6 Å². The summed E-state index contributed by atoms with van der Waals surface area (Å²) in [5.41, 5.74) is 5.50. The highest BCUT2D eigenvalue weighted by Crippen LogP contribution is 2.15. The average Bonchev–Trinajstić information content (AvgIpc) is 2.79. The number of hydrogen-bond acceptors (Lipinski definition) is 3. The summed E-state index contributed by atoms with van der Waals surface area (Å²) in [7, 11) is 1.99. The molecule has 0 fully saturated rings. The minimum Gasteiger partial charge on any atom is -0.265 e. The fourth-order valence-electron chi connectivity index (χ4n) is 2.71. The SMILES string of the molecule is C[n+]1ccc(C#Cc2ccncc2)cc1-c1cc(C#Cc2ccncc2)ccn1. The Hall–Kier alpha value is -4.28. The fraction of sp³-hybridized carbons (Fsp3) is 0.0400. The molecule has 0 saturated heterocycles. The van der Waals surface area contributed by atoms with Crippen LogP contribution in [-0.4, -0.2) is 15.0 Å². The summed E-state index contributed by atoms with van der Waals surface area (Å²) in [4.78, 5) is 12.6. The summed E-state index contributed by atoms with van der Waals surface area (Å²) in [6, 6.07) is 15.5. The number of nitrogens with zero attached hydrogens (tertiary/aromatic N) is 4. The van der Waals surface area contributed by atoms with Crippen molar-refractivity contribution in [3.8, 4) is 35.1 Å². The molecule has 4 aromatic heterocycles. The lowest BCUT2D eigenvalue weighted by atomic mass is 10.1. The first-order valence-corrected chi connectivity index (χ1v) is 9.08. The molecule has 0 aromatic carbocycles. The van der Waals surface area contributed by atoms with Gasteiger partial charge in [0.1, 0.15) is 12.7 Å². The molecule has 0 amide bonds. The van der Waals surface area contributed by atoms with Gasteiger partial charge in [0.15, 0.2) is 6.20 Å². The second-order valence-electron chi connectivity index (χ2n) is 6.31. The molecule has 0 aliphatic rings. The van der Waals surface area contributed by atoms with Gasteiger partial charge in [0.2, 0.25) is 5.69 Å². The van der Waals surface area contributed by atoms with Gasteiger partial charge >= 0.3 is 0 Å². The lowest BCUT2D eigenvalue weighted by Gasteiger charge is -2.01. The fourth-order valence-corrected chi connectivity index (χ4v) is 2.71. The van der Waals surface area contributed by atoms with Crippen LogP contribution in [0.25, 0.3) is 11.4 Å². The number of hydrogen-bond donors (Lipinski definition) is 0. The maximum atomic E-state index is 4.53. The Morgan fingerprint density at radius 2 is 1.14 bits per heavy atom. The Bertz CT molecular complexity index is 1260. The normalized spacial score (nSPS) is 9.69. The van der Waals surface area contributed by atoms with Gasteiger partial charge in [-0.25, -0.2) is 4.98 Å². The van der Waals surface area contributed by atoms with Crippen molar-refractivity contribution in [3.63, 3.8) is 0 Å². The van der Waals surface area contributed by atoms with Crippen LogP contribution < -0.4 is 4.57 Å². The average molecular weight is 373 g/mol. The molecule has 4 heteroatoms. The van der Waals surface area contributed by atoms with Crippen LogP contribution in [0.1, 0.15) is 22.3 Å². The summed E-state index contributed by atoms with van der Waals surface area (Å²) < 4.78 is 2.03. The van der Waals surface area contributed by atoms with Crippen molar-refractivity contribution in [2.24, 2.45) is 7.05 Å². The van der Waals surface area contributed by atoms with Crippen LogP contribution in [0.5, 0.6) is 0 Å². The molecule has 0 spiro atoms. The van der Waals surface area contributed by atoms with Gasteiger partial charge in [-0.05, 0) is 36.4 Å². The molecule has 0 aliphatic carbocycles. The van der Waals surface area contributed by atoms with Gasteiger partial charge in [0.25, 0.3) is 0 Å². The van der Waals surface area contributed by atoms with Crippen LogP contribution in [0.2, 0.25) is 0 Å². The molecule has 29 heavy (non-hydrogen) atoms. The van der Waals surface area contributed by atoms with E-state index in [-0.39, 0.29) is 0 Å². The van der Waals surface area contributed by atoms with Crippen molar-refractivity contribution in [1.29, 1.82) is 0 Å². The van der Waals surface area contributed by atoms with E-state index in [0.29, 0.717) is 0 Å². The van der Waals surface area contributed by atoms with Gasteiger partial charge in [-0.15, -0.1) is 0 Å². The molecular weight excluding hydrogens is 356 g/mol. The smallest absolute Gasteiger partial charge is 0.232 e. The molecule has 0 unspecified atom stereocenters. The van der Waals surface area contributed by atoms with Gasteiger partial charge in [0, 0.05) is 65.4 Å². The van der Waals surface area contributed by atoms with Crippen LogP contribution in [0.3, 0.4) is 0 Å². The van der Waals surface area contributed by atoms with E-state index < -0.39 is 0 Å². The molecule has 0 radical (unpaired) electrons. The summed E-state index contributed by atoms with van der Waals surface area (Å²) in [6.45, 7) is 0. The number of aromatic nitrogens is 4. The standard InChI is InChI=1S/C25H17N4/c1-29-17-11-23(5-3-21-8-14-27-15-9-21)19-25(29)24-18-22(10-16-28-24)4-2-20-6-12-26-13-7-20/h6-19H,1H3/q+1. The summed E-state index contributed by atoms with van der Waals surface area (Å²) in [5.74, 6) is 12.7. The van der Waals surface area contributed by atoms with Crippen LogP contribution in [0.15, 0.2) is 85.7 Å². The minimum absolute atomic E-state index is 0.849. The van der Waals surface area contributed by atoms with Crippen molar-refractivity contribution in [2.45, 2.75) is 0 Å². The molecular formula is C25H17N4+. The minimum atomic E-state index is 0.849. The molecule has 4 heterocycles. The predicted octanol–water partition coefficient (Wildman–Crippen LogP) is 3.16. The van der Waals surface area contributed by atoms with E-state index in [1.807, 2.05) is 66.3 Å². The zero-order valence-electron chi connectivity index (χ0n) is 15.9. The van der Waals surface area contributed by atoms with Crippen molar-refractivity contribution in [1.82, 2.24) is 15.0 Å². The third-order valence-corrected chi connectivity index (χ3v) is 4.24. The van der Waals surface area contributed by atoms with Gasteiger partial charge < -0.3 is 0 Å². The number of aryl methyl sites for hydroxylation is 1. The van der Waals surface area contributed by atoms with Crippen LogP contribution >= 0.6 is 0 Å². The van der Waals surface area contributed by atoms with Crippen LogP contribution in [0, 0.1) is 23.7 Å². The molecule has 4 nitrogen and oxygen atoms in total. The van der Waals surface area contributed by atoms with Gasteiger partial charge in [-0.1, -0.05) is 23.7 Å². The largest absolute Gasteiger partial charge is 0.265 e. The lowest BCUT2D eigenvalue weighted by molar-refractivity contribution is -0.660. The highest BCUT2D eigenvalue weighted by atomic mass is 14.9. The Kier molecular flexibility index (Phi) is 5.37. The maximum Gasteiger partial charge on any atom is 0.232 e. The topological polar surface area (TPSA) is 42.5 Å². The van der Waals surface area contributed by atoms with Gasteiger partial charge in [-0.3, -0.25) is 9.97 Å². The molecule has 0 bridgehead atoms. The Balaban J connectivity index is 1.65.